The Labute approximate surface area is 249 Å². The summed E-state index contributed by atoms with van der Waals surface area (Å²) in [6, 6.07) is 16.0. The van der Waals surface area contributed by atoms with Crippen molar-refractivity contribution in [1.29, 1.82) is 5.26 Å². The van der Waals surface area contributed by atoms with Crippen LogP contribution in [0.4, 0.5) is 0 Å². The quantitative estimate of drug-likeness (QED) is 0.225. The summed E-state index contributed by atoms with van der Waals surface area (Å²) in [6.45, 7) is 0. The second kappa shape index (κ2) is 12.8. The first-order valence-corrected chi connectivity index (χ1v) is 16.3. The maximum atomic E-state index is 13.7. The van der Waals surface area contributed by atoms with Gasteiger partial charge in [0, 0.05) is 25.0 Å². The summed E-state index contributed by atoms with van der Waals surface area (Å²) < 4.78 is 75.9. The van der Waals surface area contributed by atoms with Crippen LogP contribution in [-0.4, -0.2) is 77.0 Å². The third-order valence-corrected chi connectivity index (χ3v) is 9.11. The predicted molar refractivity (Wildman–Crippen MR) is 156 cm³/mol. The molecule has 4 aromatic rings. The number of aromatic nitrogens is 4. The second-order valence-corrected chi connectivity index (χ2v) is 13.4. The normalized spacial score (nSPS) is 12.4. The zero-order valence-electron chi connectivity index (χ0n) is 24.0. The molecule has 226 valence electrons. The molecule has 2 aromatic heterocycles. The van der Waals surface area contributed by atoms with Crippen LogP contribution in [0.3, 0.4) is 0 Å². The Kier molecular flexibility index (Phi) is 9.34. The van der Waals surface area contributed by atoms with E-state index in [0.717, 1.165) is 6.26 Å². The number of ether oxygens (including phenoxy) is 4. The minimum atomic E-state index is -4.06. The molecule has 4 rings (SSSR count). The molecule has 0 bridgehead atoms. The van der Waals surface area contributed by atoms with E-state index in [2.05, 4.69) is 15.2 Å². The van der Waals surface area contributed by atoms with Crippen molar-refractivity contribution in [2.24, 2.45) is 0 Å². The summed E-state index contributed by atoms with van der Waals surface area (Å²) in [6.07, 6.45) is -0.190. The van der Waals surface area contributed by atoms with Crippen molar-refractivity contribution in [3.05, 3.63) is 71.5 Å². The first-order chi connectivity index (χ1) is 20.5. The van der Waals surface area contributed by atoms with Gasteiger partial charge in [-0.05, 0) is 30.3 Å². The molecule has 13 nitrogen and oxygen atoms in total. The van der Waals surface area contributed by atoms with Crippen LogP contribution in [-0.2, 0) is 30.2 Å². The summed E-state index contributed by atoms with van der Waals surface area (Å²) in [5.41, 5.74) is 0.909. The van der Waals surface area contributed by atoms with Gasteiger partial charge in [-0.25, -0.2) is 21.8 Å². The fraction of sp³-hybridized carbons (Fsp3) is 0.286. The zero-order chi connectivity index (χ0) is 31.4. The van der Waals surface area contributed by atoms with Crippen LogP contribution in [0.5, 0.6) is 17.4 Å². The van der Waals surface area contributed by atoms with Gasteiger partial charge in [-0.3, -0.25) is 4.57 Å². The van der Waals surface area contributed by atoms with E-state index in [1.54, 1.807) is 36.4 Å². The van der Waals surface area contributed by atoms with Gasteiger partial charge in [0.15, 0.2) is 31.3 Å². The smallest absolute Gasteiger partial charge is 0.213 e. The molecule has 0 saturated heterocycles. The number of rotatable bonds is 12. The van der Waals surface area contributed by atoms with E-state index < -0.39 is 37.3 Å². The Morgan fingerprint density at radius 3 is 2.16 bits per heavy atom. The Bertz CT molecular complexity index is 1880. The molecule has 0 saturated carbocycles. The van der Waals surface area contributed by atoms with Crippen LogP contribution in [0.15, 0.2) is 59.5 Å². The number of para-hydroxylation sites is 1. The van der Waals surface area contributed by atoms with Gasteiger partial charge in [0.2, 0.25) is 5.88 Å². The highest BCUT2D eigenvalue weighted by atomic mass is 32.2. The molecule has 2 aromatic carbocycles. The van der Waals surface area contributed by atoms with Crippen LogP contribution in [0.25, 0.3) is 17.2 Å². The van der Waals surface area contributed by atoms with E-state index >= 15 is 0 Å². The second-order valence-electron chi connectivity index (χ2n) is 9.27. The zero-order valence-corrected chi connectivity index (χ0v) is 25.6. The van der Waals surface area contributed by atoms with E-state index in [0.29, 0.717) is 28.8 Å². The van der Waals surface area contributed by atoms with Crippen molar-refractivity contribution in [1.82, 2.24) is 19.7 Å². The molecule has 1 atom stereocenters. The Hall–Kier alpha value is -4.52. The molecule has 0 spiro atoms. The predicted octanol–water partition coefficient (Wildman–Crippen LogP) is 2.93. The number of hydrogen-bond acceptors (Lipinski definition) is 12. The lowest BCUT2D eigenvalue weighted by Gasteiger charge is -2.20. The molecule has 0 aliphatic heterocycles. The van der Waals surface area contributed by atoms with Gasteiger partial charge >= 0.3 is 0 Å². The van der Waals surface area contributed by atoms with E-state index in [-0.39, 0.29) is 27.7 Å². The first-order valence-electron chi connectivity index (χ1n) is 12.6. The van der Waals surface area contributed by atoms with Crippen molar-refractivity contribution in [3.63, 3.8) is 0 Å². The molecular weight excluding hydrogens is 598 g/mol. The van der Waals surface area contributed by atoms with Crippen LogP contribution in [0, 0.1) is 11.3 Å². The van der Waals surface area contributed by atoms with Crippen LogP contribution < -0.4 is 14.2 Å². The summed E-state index contributed by atoms with van der Waals surface area (Å²) in [5.74, 6) is 0.0114. The van der Waals surface area contributed by atoms with Crippen LogP contribution in [0.2, 0.25) is 0 Å². The number of methoxy groups -OCH3 is 4. The first kappa shape index (κ1) is 31.4. The van der Waals surface area contributed by atoms with E-state index in [4.69, 9.17) is 18.9 Å². The van der Waals surface area contributed by atoms with Crippen LogP contribution >= 0.6 is 0 Å². The van der Waals surface area contributed by atoms with Crippen LogP contribution in [0.1, 0.15) is 23.1 Å². The van der Waals surface area contributed by atoms with E-state index in [1.165, 1.54) is 51.2 Å². The molecule has 15 heteroatoms. The molecule has 0 amide bonds. The number of hydrogen-bond donors (Lipinski definition) is 0. The molecular formula is C28H29N5O8S2. The Balaban J connectivity index is 1.84. The fourth-order valence-electron chi connectivity index (χ4n) is 4.48. The summed E-state index contributed by atoms with van der Waals surface area (Å²) in [4.78, 5) is 4.25. The van der Waals surface area contributed by atoms with E-state index in [9.17, 15) is 22.1 Å². The minimum absolute atomic E-state index is 0.0143. The standard InChI is InChI=1S/C28H29N5O8S2/c1-38-21-9-7-10-22(39-2)27(21)33-25(31-32-28(33)20-8-6-11-26(30-20)41-4)17-43(36,37)16-23(40-3)19-13-12-18(15-29)14-24(19)42(5,34)35/h6-14,23H,16-17H2,1-5H3/t23-/m1/s1. The monoisotopic (exact) mass is 627 g/mol. The molecule has 0 unspecified atom stereocenters. The lowest BCUT2D eigenvalue weighted by Crippen LogP contribution is -2.21. The van der Waals surface area contributed by atoms with Crippen molar-refractivity contribution in [2.75, 3.05) is 40.4 Å². The van der Waals surface area contributed by atoms with Gasteiger partial charge in [-0.1, -0.05) is 18.2 Å². The number of benzene rings is 2. The molecule has 43 heavy (non-hydrogen) atoms. The number of nitrogens with zero attached hydrogens (tertiary/aromatic N) is 5. The summed E-state index contributed by atoms with van der Waals surface area (Å²) in [5, 5.41) is 17.7. The number of nitriles is 1. The largest absolute Gasteiger partial charge is 0.494 e. The minimum Gasteiger partial charge on any atom is -0.494 e. The van der Waals surface area contributed by atoms with Crippen molar-refractivity contribution < 1.29 is 35.8 Å². The van der Waals surface area contributed by atoms with Gasteiger partial charge < -0.3 is 18.9 Å². The SMILES string of the molecule is COc1cccc(-c2nnc(CS(=O)(=O)C[C@@H](OC)c3ccc(C#N)cc3S(C)(=O)=O)n2-c2c(OC)cccc2OC)n1. The fourth-order valence-corrected chi connectivity index (χ4v) is 6.92. The third-order valence-electron chi connectivity index (χ3n) is 6.45. The molecule has 2 heterocycles. The van der Waals surface area contributed by atoms with Gasteiger partial charge in [-0.2, -0.15) is 5.26 Å². The number of pyridine rings is 1. The van der Waals surface area contributed by atoms with Gasteiger partial charge in [0.1, 0.15) is 28.6 Å². The average Bonchev–Trinajstić information content (AvgIpc) is 3.40. The summed E-state index contributed by atoms with van der Waals surface area (Å²) in [7, 11) is -2.22. The lowest BCUT2D eigenvalue weighted by molar-refractivity contribution is 0.119. The highest BCUT2D eigenvalue weighted by Gasteiger charge is 2.30. The molecule has 0 radical (unpaired) electrons. The van der Waals surface area contributed by atoms with Crippen molar-refractivity contribution >= 4 is 19.7 Å². The molecule has 0 aliphatic rings. The average molecular weight is 628 g/mol. The lowest BCUT2D eigenvalue weighted by atomic mass is 10.1. The van der Waals surface area contributed by atoms with Crippen molar-refractivity contribution in [3.8, 4) is 40.7 Å². The number of sulfone groups is 2. The molecule has 0 N–H and O–H groups in total. The van der Waals surface area contributed by atoms with E-state index in [1.807, 2.05) is 6.07 Å². The highest BCUT2D eigenvalue weighted by Crippen LogP contribution is 2.37. The van der Waals surface area contributed by atoms with Gasteiger partial charge in [0.25, 0.3) is 0 Å². The van der Waals surface area contributed by atoms with Gasteiger partial charge in [-0.15, -0.1) is 10.2 Å². The maximum Gasteiger partial charge on any atom is 0.213 e. The van der Waals surface area contributed by atoms with Crippen molar-refractivity contribution in [2.45, 2.75) is 16.8 Å². The Morgan fingerprint density at radius 1 is 0.907 bits per heavy atom. The molecule has 0 aliphatic carbocycles. The highest BCUT2D eigenvalue weighted by molar-refractivity contribution is 7.91. The Morgan fingerprint density at radius 2 is 1.58 bits per heavy atom. The maximum absolute atomic E-state index is 13.7. The van der Waals surface area contributed by atoms with Gasteiger partial charge in [0.05, 0.1) is 49.7 Å². The molecule has 0 fully saturated rings. The third kappa shape index (κ3) is 6.77. The topological polar surface area (TPSA) is 173 Å². The summed E-state index contributed by atoms with van der Waals surface area (Å²) >= 11 is 0.